The SMILES string of the molecule is O=C1OC2(CCN(C3=NC(=O)C4(Cc5ccc(F)cc5C4)O3)CC2)c2ccccc21. The number of hydrogen-bond acceptors (Lipinski definition) is 5. The first-order valence-corrected chi connectivity index (χ1v) is 10.2. The van der Waals surface area contributed by atoms with Crippen LogP contribution in [-0.2, 0) is 32.7 Å². The summed E-state index contributed by atoms with van der Waals surface area (Å²) in [6.45, 7) is 1.12. The van der Waals surface area contributed by atoms with Crippen LogP contribution in [0.4, 0.5) is 4.39 Å². The van der Waals surface area contributed by atoms with Crippen LogP contribution < -0.4 is 0 Å². The molecule has 3 aliphatic heterocycles. The molecule has 30 heavy (non-hydrogen) atoms. The maximum Gasteiger partial charge on any atom is 0.339 e. The van der Waals surface area contributed by atoms with E-state index in [4.69, 9.17) is 9.47 Å². The van der Waals surface area contributed by atoms with Gasteiger partial charge in [-0.1, -0.05) is 24.3 Å². The number of esters is 1. The first-order chi connectivity index (χ1) is 14.5. The number of likely N-dealkylation sites (tertiary alicyclic amines) is 1. The van der Waals surface area contributed by atoms with Gasteiger partial charge in [0.05, 0.1) is 5.56 Å². The summed E-state index contributed by atoms with van der Waals surface area (Å²) in [6.07, 6.45) is 1.93. The van der Waals surface area contributed by atoms with Crippen LogP contribution in [0.1, 0.15) is 39.9 Å². The molecule has 0 radical (unpaired) electrons. The molecule has 6 nitrogen and oxygen atoms in total. The van der Waals surface area contributed by atoms with Crippen LogP contribution in [-0.4, -0.2) is 41.5 Å². The third kappa shape index (κ3) is 2.38. The second-order valence-electron chi connectivity index (χ2n) is 8.48. The van der Waals surface area contributed by atoms with Crippen molar-refractivity contribution in [2.45, 2.75) is 36.9 Å². The average Bonchev–Trinajstić information content (AvgIpc) is 3.35. The number of hydrogen-bond donors (Lipinski definition) is 0. The van der Waals surface area contributed by atoms with E-state index in [1.807, 2.05) is 23.1 Å². The minimum atomic E-state index is -1.06. The van der Waals surface area contributed by atoms with Crippen LogP contribution >= 0.6 is 0 Å². The molecular weight excluding hydrogens is 387 g/mol. The van der Waals surface area contributed by atoms with Crippen LogP contribution in [0.5, 0.6) is 0 Å². The summed E-state index contributed by atoms with van der Waals surface area (Å²) >= 11 is 0. The van der Waals surface area contributed by atoms with Gasteiger partial charge in [-0.3, -0.25) is 4.79 Å². The number of ether oxygens (including phenoxy) is 2. The van der Waals surface area contributed by atoms with Crippen LogP contribution in [0.15, 0.2) is 47.5 Å². The Kier molecular flexibility index (Phi) is 3.47. The van der Waals surface area contributed by atoms with E-state index in [-0.39, 0.29) is 17.7 Å². The number of aliphatic imine (C=N–C) groups is 1. The van der Waals surface area contributed by atoms with Crippen molar-refractivity contribution in [3.05, 3.63) is 70.5 Å². The summed E-state index contributed by atoms with van der Waals surface area (Å²) in [5.41, 5.74) is 1.61. The van der Waals surface area contributed by atoms with Crippen molar-refractivity contribution >= 4 is 17.9 Å². The summed E-state index contributed by atoms with van der Waals surface area (Å²) in [5, 5.41) is 0. The second kappa shape index (κ2) is 5.90. The topological polar surface area (TPSA) is 68.2 Å². The van der Waals surface area contributed by atoms with Gasteiger partial charge in [-0.25, -0.2) is 9.18 Å². The third-order valence-corrected chi connectivity index (χ3v) is 6.76. The molecule has 3 heterocycles. The smallest absolute Gasteiger partial charge is 0.339 e. The highest BCUT2D eigenvalue weighted by atomic mass is 19.1. The lowest BCUT2D eigenvalue weighted by molar-refractivity contribution is -0.130. The molecule has 1 unspecified atom stereocenters. The standard InChI is InChI=1S/C23H19FN2O4/c24-16-6-5-14-12-23(13-15(14)11-16)20(28)25-21(30-23)26-9-7-22(8-10-26)18-4-2-1-3-17(18)19(27)29-22/h1-6,11H,7-10,12-13H2. The quantitative estimate of drug-likeness (QED) is 0.630. The average molecular weight is 406 g/mol. The van der Waals surface area contributed by atoms with Crippen molar-refractivity contribution in [3.8, 4) is 0 Å². The van der Waals surface area contributed by atoms with Gasteiger partial charge < -0.3 is 14.4 Å². The fraction of sp³-hybridized carbons (Fsp3) is 0.348. The molecule has 0 aromatic heterocycles. The summed E-state index contributed by atoms with van der Waals surface area (Å²) in [5.74, 6) is -0.907. The zero-order valence-electron chi connectivity index (χ0n) is 16.2. The van der Waals surface area contributed by atoms with Gasteiger partial charge in [0.25, 0.3) is 11.9 Å². The number of rotatable bonds is 0. The highest BCUT2D eigenvalue weighted by Crippen LogP contribution is 2.45. The fourth-order valence-electron chi connectivity index (χ4n) is 5.17. The lowest BCUT2D eigenvalue weighted by Crippen LogP contribution is -2.47. The third-order valence-electron chi connectivity index (χ3n) is 6.76. The number of carbonyl (C=O) groups is 2. The molecule has 2 spiro atoms. The van der Waals surface area contributed by atoms with Crippen molar-refractivity contribution in [2.75, 3.05) is 13.1 Å². The molecule has 152 valence electrons. The van der Waals surface area contributed by atoms with E-state index < -0.39 is 11.2 Å². The summed E-state index contributed by atoms with van der Waals surface area (Å²) in [7, 11) is 0. The molecule has 2 aromatic carbocycles. The Bertz CT molecular complexity index is 1140. The molecule has 0 bridgehead atoms. The van der Waals surface area contributed by atoms with E-state index in [2.05, 4.69) is 4.99 Å². The Hall–Kier alpha value is -3.22. The summed E-state index contributed by atoms with van der Waals surface area (Å²) < 4.78 is 25.5. The number of carbonyl (C=O) groups excluding carboxylic acids is 2. The number of benzene rings is 2. The molecule has 0 saturated carbocycles. The molecule has 1 fully saturated rings. The number of nitrogens with zero attached hydrogens (tertiary/aromatic N) is 2. The molecular formula is C23H19FN2O4. The van der Waals surface area contributed by atoms with E-state index in [9.17, 15) is 14.0 Å². The minimum Gasteiger partial charge on any atom is -0.450 e. The van der Waals surface area contributed by atoms with Crippen molar-refractivity contribution in [1.82, 2.24) is 4.90 Å². The van der Waals surface area contributed by atoms with Gasteiger partial charge in [0, 0.05) is 44.3 Å². The molecule has 1 saturated heterocycles. The molecule has 0 N–H and O–H groups in total. The van der Waals surface area contributed by atoms with Crippen LogP contribution in [0.2, 0.25) is 0 Å². The monoisotopic (exact) mass is 406 g/mol. The lowest BCUT2D eigenvalue weighted by Gasteiger charge is -2.39. The Labute approximate surface area is 172 Å². The molecule has 1 aliphatic carbocycles. The highest BCUT2D eigenvalue weighted by molar-refractivity contribution is 6.02. The maximum absolute atomic E-state index is 13.6. The first kappa shape index (κ1) is 17.6. The Morgan fingerprint density at radius 1 is 0.933 bits per heavy atom. The van der Waals surface area contributed by atoms with Crippen molar-refractivity contribution < 1.29 is 23.5 Å². The van der Waals surface area contributed by atoms with E-state index >= 15 is 0 Å². The normalized spacial score (nSPS) is 25.9. The van der Waals surface area contributed by atoms with E-state index in [1.54, 1.807) is 12.1 Å². The Morgan fingerprint density at radius 3 is 2.53 bits per heavy atom. The minimum absolute atomic E-state index is 0.279. The fourth-order valence-corrected chi connectivity index (χ4v) is 5.17. The van der Waals surface area contributed by atoms with Crippen LogP contribution in [0, 0.1) is 5.82 Å². The molecule has 7 heteroatoms. The van der Waals surface area contributed by atoms with E-state index in [0.29, 0.717) is 50.4 Å². The zero-order valence-corrected chi connectivity index (χ0v) is 16.2. The predicted molar refractivity (Wildman–Crippen MR) is 104 cm³/mol. The number of halogens is 1. The Balaban J connectivity index is 1.20. The first-order valence-electron chi connectivity index (χ1n) is 10.2. The van der Waals surface area contributed by atoms with Crippen LogP contribution in [0.25, 0.3) is 0 Å². The van der Waals surface area contributed by atoms with Gasteiger partial charge in [-0.15, -0.1) is 0 Å². The molecule has 2 aromatic rings. The molecule has 4 aliphatic rings. The van der Waals surface area contributed by atoms with E-state index in [0.717, 1.165) is 16.7 Å². The van der Waals surface area contributed by atoms with Gasteiger partial charge in [-0.05, 0) is 29.3 Å². The highest BCUT2D eigenvalue weighted by Gasteiger charge is 2.53. The number of amidine groups is 1. The molecule has 6 rings (SSSR count). The number of fused-ring (bicyclic) bond motifs is 3. The predicted octanol–water partition coefficient (Wildman–Crippen LogP) is 2.74. The zero-order chi connectivity index (χ0) is 20.5. The van der Waals surface area contributed by atoms with Gasteiger partial charge in [-0.2, -0.15) is 4.99 Å². The number of piperidine rings is 1. The summed E-state index contributed by atoms with van der Waals surface area (Å²) in [6, 6.07) is 12.4. The maximum atomic E-state index is 13.6. The van der Waals surface area contributed by atoms with Crippen LogP contribution in [0.3, 0.4) is 0 Å². The second-order valence-corrected chi connectivity index (χ2v) is 8.48. The largest absolute Gasteiger partial charge is 0.450 e. The molecule has 1 amide bonds. The molecule has 1 atom stereocenters. The van der Waals surface area contributed by atoms with Crippen molar-refractivity contribution in [3.63, 3.8) is 0 Å². The summed E-state index contributed by atoms with van der Waals surface area (Å²) in [4.78, 5) is 31.2. The van der Waals surface area contributed by atoms with Gasteiger partial charge in [0.2, 0.25) is 5.60 Å². The Morgan fingerprint density at radius 2 is 1.70 bits per heavy atom. The van der Waals surface area contributed by atoms with E-state index in [1.165, 1.54) is 12.1 Å². The lowest BCUT2D eigenvalue weighted by atomic mass is 9.84. The van der Waals surface area contributed by atoms with Crippen molar-refractivity contribution in [2.24, 2.45) is 4.99 Å². The van der Waals surface area contributed by atoms with Gasteiger partial charge >= 0.3 is 5.97 Å². The number of amides is 1. The van der Waals surface area contributed by atoms with Gasteiger partial charge in [0.15, 0.2) is 0 Å². The van der Waals surface area contributed by atoms with Crippen molar-refractivity contribution in [1.29, 1.82) is 0 Å². The van der Waals surface area contributed by atoms with Gasteiger partial charge in [0.1, 0.15) is 11.4 Å².